The van der Waals surface area contributed by atoms with Crippen molar-refractivity contribution >= 4 is 11.6 Å². The normalized spacial score (nSPS) is 10.2. The Bertz CT molecular complexity index is 519. The highest BCUT2D eigenvalue weighted by Gasteiger charge is 2.11. The number of ether oxygens (including phenoxy) is 1. The first-order valence-electron chi connectivity index (χ1n) is 4.54. The smallest absolute Gasteiger partial charge is 0.222 e. The lowest BCUT2D eigenvalue weighted by atomic mass is 10.1. The van der Waals surface area contributed by atoms with Crippen molar-refractivity contribution in [3.05, 3.63) is 41.6 Å². The number of hydrogen-bond donors (Lipinski definition) is 0. The Hall–Kier alpha value is -1.68. The van der Waals surface area contributed by atoms with Crippen molar-refractivity contribution in [2.45, 2.75) is 0 Å². The average molecular weight is 239 g/mol. The molecule has 0 radical (unpaired) electrons. The third-order valence-electron chi connectivity index (χ3n) is 2.09. The van der Waals surface area contributed by atoms with Gasteiger partial charge in [0.15, 0.2) is 11.6 Å². The highest BCUT2D eigenvalue weighted by atomic mass is 35.5. The minimum Gasteiger partial charge on any atom is -0.494 e. The van der Waals surface area contributed by atoms with Crippen molar-refractivity contribution in [3.8, 4) is 17.0 Å². The molecule has 1 heterocycles. The number of benzene rings is 1. The van der Waals surface area contributed by atoms with Gasteiger partial charge >= 0.3 is 0 Å². The third kappa shape index (κ3) is 1.97. The summed E-state index contributed by atoms with van der Waals surface area (Å²) in [6.45, 7) is 0. The molecule has 2 rings (SSSR count). The summed E-state index contributed by atoms with van der Waals surface area (Å²) in [7, 11) is 1.41. The number of rotatable bonds is 2. The van der Waals surface area contributed by atoms with Crippen LogP contribution in [-0.4, -0.2) is 17.1 Å². The second kappa shape index (κ2) is 4.45. The second-order valence-electron chi connectivity index (χ2n) is 3.03. The van der Waals surface area contributed by atoms with Crippen LogP contribution in [0.15, 0.2) is 30.5 Å². The quantitative estimate of drug-likeness (QED) is 0.755. The van der Waals surface area contributed by atoms with Gasteiger partial charge in [0.2, 0.25) is 5.28 Å². The standard InChI is InChI=1S/C11H8ClFN2O/c1-16-9-4-2-3-7(10(9)13)8-5-6-14-11(12)15-8/h2-6H,1H3. The molecular formula is C11H8ClFN2O. The first kappa shape index (κ1) is 10.8. The molecule has 0 aliphatic carbocycles. The molecule has 0 amide bonds. The van der Waals surface area contributed by atoms with Crippen LogP contribution in [0.1, 0.15) is 0 Å². The van der Waals surface area contributed by atoms with Gasteiger partial charge in [-0.2, -0.15) is 0 Å². The van der Waals surface area contributed by atoms with E-state index >= 15 is 0 Å². The number of halogens is 2. The van der Waals surface area contributed by atoms with E-state index in [2.05, 4.69) is 9.97 Å². The lowest BCUT2D eigenvalue weighted by Gasteiger charge is -2.06. The highest BCUT2D eigenvalue weighted by molar-refractivity contribution is 6.28. The average Bonchev–Trinajstić information content (AvgIpc) is 2.29. The molecule has 5 heteroatoms. The molecule has 0 aliphatic heterocycles. The topological polar surface area (TPSA) is 35.0 Å². The summed E-state index contributed by atoms with van der Waals surface area (Å²) in [5.41, 5.74) is 0.764. The van der Waals surface area contributed by atoms with Crippen LogP contribution in [0, 0.1) is 5.82 Å². The van der Waals surface area contributed by atoms with E-state index in [1.54, 1.807) is 24.3 Å². The maximum absolute atomic E-state index is 13.9. The van der Waals surface area contributed by atoms with Gasteiger partial charge in [-0.3, -0.25) is 0 Å². The third-order valence-corrected chi connectivity index (χ3v) is 2.27. The maximum Gasteiger partial charge on any atom is 0.222 e. The van der Waals surface area contributed by atoms with E-state index in [0.29, 0.717) is 11.3 Å². The highest BCUT2D eigenvalue weighted by Crippen LogP contribution is 2.27. The van der Waals surface area contributed by atoms with E-state index in [-0.39, 0.29) is 11.0 Å². The lowest BCUT2D eigenvalue weighted by molar-refractivity contribution is 0.387. The summed E-state index contributed by atoms with van der Waals surface area (Å²) >= 11 is 5.64. The first-order valence-corrected chi connectivity index (χ1v) is 4.91. The fourth-order valence-corrected chi connectivity index (χ4v) is 1.50. The predicted molar refractivity (Wildman–Crippen MR) is 59.0 cm³/mol. The molecule has 1 aromatic carbocycles. The van der Waals surface area contributed by atoms with E-state index in [1.165, 1.54) is 13.3 Å². The van der Waals surface area contributed by atoms with Gasteiger partial charge in [-0.1, -0.05) is 6.07 Å². The molecule has 0 N–H and O–H groups in total. The SMILES string of the molecule is COc1cccc(-c2ccnc(Cl)n2)c1F. The Morgan fingerprint density at radius 3 is 2.81 bits per heavy atom. The molecule has 16 heavy (non-hydrogen) atoms. The Labute approximate surface area is 96.9 Å². The molecule has 0 bridgehead atoms. The first-order chi connectivity index (χ1) is 7.72. The van der Waals surface area contributed by atoms with Crippen LogP contribution < -0.4 is 4.74 Å². The molecule has 3 nitrogen and oxygen atoms in total. The molecule has 1 aromatic heterocycles. The van der Waals surface area contributed by atoms with Gasteiger partial charge in [0.25, 0.3) is 0 Å². The van der Waals surface area contributed by atoms with Crippen LogP contribution in [0.5, 0.6) is 5.75 Å². The Kier molecular flexibility index (Phi) is 3.01. The summed E-state index contributed by atoms with van der Waals surface area (Å²) < 4.78 is 18.7. The molecule has 0 spiro atoms. The summed E-state index contributed by atoms with van der Waals surface area (Å²) in [5, 5.41) is 0.0831. The lowest BCUT2D eigenvalue weighted by Crippen LogP contribution is -1.93. The van der Waals surface area contributed by atoms with Crippen molar-refractivity contribution in [1.29, 1.82) is 0 Å². The summed E-state index contributed by atoms with van der Waals surface area (Å²) in [4.78, 5) is 7.68. The van der Waals surface area contributed by atoms with E-state index in [9.17, 15) is 4.39 Å². The zero-order valence-corrected chi connectivity index (χ0v) is 9.20. The van der Waals surface area contributed by atoms with Gasteiger partial charge in [0, 0.05) is 11.8 Å². The second-order valence-corrected chi connectivity index (χ2v) is 3.37. The summed E-state index contributed by atoms with van der Waals surface area (Å²) in [6, 6.07) is 6.43. The molecule has 0 aliphatic rings. The van der Waals surface area contributed by atoms with Crippen LogP contribution in [0.25, 0.3) is 11.3 Å². The minimum absolute atomic E-state index is 0.0831. The van der Waals surface area contributed by atoms with Gasteiger partial charge in [0.05, 0.1) is 12.8 Å². The molecule has 0 atom stereocenters. The van der Waals surface area contributed by atoms with Crippen molar-refractivity contribution in [3.63, 3.8) is 0 Å². The van der Waals surface area contributed by atoms with Crippen LogP contribution in [0.2, 0.25) is 5.28 Å². The number of nitrogens with zero attached hydrogens (tertiary/aromatic N) is 2. The fraction of sp³-hybridized carbons (Fsp3) is 0.0909. The van der Waals surface area contributed by atoms with Crippen LogP contribution >= 0.6 is 11.6 Å². The van der Waals surface area contributed by atoms with Crippen LogP contribution in [0.3, 0.4) is 0 Å². The zero-order chi connectivity index (χ0) is 11.5. The Morgan fingerprint density at radius 2 is 2.12 bits per heavy atom. The molecule has 2 aromatic rings. The van der Waals surface area contributed by atoms with Crippen molar-refractivity contribution in [2.75, 3.05) is 7.11 Å². The van der Waals surface area contributed by atoms with Gasteiger partial charge in [-0.15, -0.1) is 0 Å². The minimum atomic E-state index is -0.459. The Morgan fingerprint density at radius 1 is 1.31 bits per heavy atom. The molecule has 0 saturated heterocycles. The van der Waals surface area contributed by atoms with E-state index in [4.69, 9.17) is 16.3 Å². The molecule has 0 fully saturated rings. The van der Waals surface area contributed by atoms with Crippen molar-refractivity contribution in [2.24, 2.45) is 0 Å². The van der Waals surface area contributed by atoms with Gasteiger partial charge in [-0.25, -0.2) is 14.4 Å². The van der Waals surface area contributed by atoms with Crippen molar-refractivity contribution < 1.29 is 9.13 Å². The Balaban J connectivity index is 2.56. The largest absolute Gasteiger partial charge is 0.494 e. The van der Waals surface area contributed by atoms with E-state index in [0.717, 1.165) is 0 Å². The van der Waals surface area contributed by atoms with Crippen molar-refractivity contribution in [1.82, 2.24) is 9.97 Å². The number of methoxy groups -OCH3 is 1. The van der Waals surface area contributed by atoms with E-state index < -0.39 is 5.82 Å². The maximum atomic E-state index is 13.9. The molecular weight excluding hydrogens is 231 g/mol. The summed E-state index contributed by atoms with van der Waals surface area (Å²) in [5.74, 6) is -0.285. The predicted octanol–water partition coefficient (Wildman–Crippen LogP) is 2.94. The van der Waals surface area contributed by atoms with Gasteiger partial charge in [-0.05, 0) is 29.8 Å². The number of hydrogen-bond acceptors (Lipinski definition) is 3. The number of aromatic nitrogens is 2. The molecule has 0 saturated carbocycles. The fourth-order valence-electron chi connectivity index (χ4n) is 1.35. The molecule has 0 unspecified atom stereocenters. The van der Waals surface area contributed by atoms with Crippen LogP contribution in [-0.2, 0) is 0 Å². The van der Waals surface area contributed by atoms with Gasteiger partial charge < -0.3 is 4.74 Å². The van der Waals surface area contributed by atoms with E-state index in [1.807, 2.05) is 0 Å². The summed E-state index contributed by atoms with van der Waals surface area (Å²) in [6.07, 6.45) is 1.48. The van der Waals surface area contributed by atoms with Gasteiger partial charge in [0.1, 0.15) is 0 Å². The molecule has 82 valence electrons. The van der Waals surface area contributed by atoms with Crippen LogP contribution in [0.4, 0.5) is 4.39 Å². The zero-order valence-electron chi connectivity index (χ0n) is 8.45. The monoisotopic (exact) mass is 238 g/mol.